The number of rotatable bonds is 6. The molecule has 0 atom stereocenters. The molecule has 1 aromatic carbocycles. The van der Waals surface area contributed by atoms with E-state index in [1.54, 1.807) is 0 Å². The number of pyridine rings is 1. The SMILES string of the molecule is CCOc1ccc(Br)cc1CNCc1ccncc1. The first-order valence-electron chi connectivity index (χ1n) is 6.30. The number of benzene rings is 1. The lowest BCUT2D eigenvalue weighted by atomic mass is 10.2. The van der Waals surface area contributed by atoms with Crippen LogP contribution in [0, 0.1) is 0 Å². The first-order chi connectivity index (χ1) is 9.29. The van der Waals surface area contributed by atoms with Gasteiger partial charge < -0.3 is 10.1 Å². The first kappa shape index (κ1) is 14.0. The van der Waals surface area contributed by atoms with Crippen LogP contribution in [0.25, 0.3) is 0 Å². The first-order valence-corrected chi connectivity index (χ1v) is 7.09. The summed E-state index contributed by atoms with van der Waals surface area (Å²) in [6.45, 7) is 4.27. The zero-order chi connectivity index (χ0) is 13.5. The van der Waals surface area contributed by atoms with Gasteiger partial charge in [0.05, 0.1) is 6.61 Å². The molecule has 3 nitrogen and oxygen atoms in total. The zero-order valence-electron chi connectivity index (χ0n) is 10.9. The maximum atomic E-state index is 5.62. The highest BCUT2D eigenvalue weighted by atomic mass is 79.9. The number of halogens is 1. The molecule has 1 N–H and O–H groups in total. The van der Waals surface area contributed by atoms with E-state index in [1.165, 1.54) is 5.56 Å². The predicted octanol–water partition coefficient (Wildman–Crippen LogP) is 3.53. The molecular weight excluding hydrogens is 304 g/mol. The predicted molar refractivity (Wildman–Crippen MR) is 80.1 cm³/mol. The molecule has 0 radical (unpaired) electrons. The molecule has 0 saturated heterocycles. The van der Waals surface area contributed by atoms with Crippen LogP contribution in [0.15, 0.2) is 47.2 Å². The lowest BCUT2D eigenvalue weighted by Gasteiger charge is -2.11. The molecule has 0 bridgehead atoms. The van der Waals surface area contributed by atoms with Crippen molar-refractivity contribution in [3.63, 3.8) is 0 Å². The van der Waals surface area contributed by atoms with Gasteiger partial charge in [0.15, 0.2) is 0 Å². The molecule has 0 amide bonds. The Hall–Kier alpha value is -1.39. The molecule has 2 aromatic rings. The second-order valence-electron chi connectivity index (χ2n) is 4.14. The molecule has 1 aromatic heterocycles. The second-order valence-corrected chi connectivity index (χ2v) is 5.06. The molecule has 0 spiro atoms. The Bertz CT molecular complexity index is 517. The van der Waals surface area contributed by atoms with E-state index < -0.39 is 0 Å². The molecule has 0 aliphatic rings. The van der Waals surface area contributed by atoms with Crippen LogP contribution in [0.3, 0.4) is 0 Å². The van der Waals surface area contributed by atoms with Crippen molar-refractivity contribution in [2.75, 3.05) is 6.61 Å². The highest BCUT2D eigenvalue weighted by Gasteiger charge is 2.04. The maximum absolute atomic E-state index is 5.62. The number of hydrogen-bond donors (Lipinski definition) is 1. The Morgan fingerprint density at radius 2 is 1.95 bits per heavy atom. The molecule has 19 heavy (non-hydrogen) atoms. The summed E-state index contributed by atoms with van der Waals surface area (Å²) in [7, 11) is 0. The molecule has 0 aliphatic carbocycles. The van der Waals surface area contributed by atoms with Crippen molar-refractivity contribution < 1.29 is 4.74 Å². The maximum Gasteiger partial charge on any atom is 0.123 e. The Kier molecular flexibility index (Phi) is 5.36. The molecule has 0 unspecified atom stereocenters. The monoisotopic (exact) mass is 320 g/mol. The summed E-state index contributed by atoms with van der Waals surface area (Å²) in [5.74, 6) is 0.938. The van der Waals surface area contributed by atoms with E-state index in [9.17, 15) is 0 Å². The third kappa shape index (κ3) is 4.33. The van der Waals surface area contributed by atoms with Gasteiger partial charge in [-0.2, -0.15) is 0 Å². The lowest BCUT2D eigenvalue weighted by Crippen LogP contribution is -2.13. The Morgan fingerprint density at radius 3 is 2.68 bits per heavy atom. The van der Waals surface area contributed by atoms with Crippen LogP contribution < -0.4 is 10.1 Å². The Balaban J connectivity index is 1.96. The average molecular weight is 321 g/mol. The van der Waals surface area contributed by atoms with Crippen molar-refractivity contribution in [1.82, 2.24) is 10.3 Å². The van der Waals surface area contributed by atoms with Crippen molar-refractivity contribution >= 4 is 15.9 Å². The summed E-state index contributed by atoms with van der Waals surface area (Å²) < 4.78 is 6.69. The molecule has 1 heterocycles. The molecule has 4 heteroatoms. The van der Waals surface area contributed by atoms with Crippen LogP contribution in [0.1, 0.15) is 18.1 Å². The van der Waals surface area contributed by atoms with Crippen molar-refractivity contribution in [3.05, 3.63) is 58.3 Å². The van der Waals surface area contributed by atoms with Gasteiger partial charge >= 0.3 is 0 Å². The third-order valence-corrected chi connectivity index (χ3v) is 3.21. The number of nitrogens with one attached hydrogen (secondary N) is 1. The van der Waals surface area contributed by atoms with E-state index in [2.05, 4.69) is 32.3 Å². The van der Waals surface area contributed by atoms with E-state index in [1.807, 2.05) is 43.6 Å². The lowest BCUT2D eigenvalue weighted by molar-refractivity contribution is 0.335. The molecule has 0 aliphatic heterocycles. The van der Waals surface area contributed by atoms with Gasteiger partial charge in [-0.15, -0.1) is 0 Å². The summed E-state index contributed by atoms with van der Waals surface area (Å²) in [6.07, 6.45) is 3.61. The third-order valence-electron chi connectivity index (χ3n) is 2.72. The van der Waals surface area contributed by atoms with Crippen molar-refractivity contribution in [2.24, 2.45) is 0 Å². The van der Waals surface area contributed by atoms with Crippen LogP contribution in [-0.4, -0.2) is 11.6 Å². The summed E-state index contributed by atoms with van der Waals surface area (Å²) in [5.41, 5.74) is 2.38. The molecule has 0 saturated carbocycles. The summed E-state index contributed by atoms with van der Waals surface area (Å²) >= 11 is 3.49. The molecule has 100 valence electrons. The molecule has 0 fully saturated rings. The highest BCUT2D eigenvalue weighted by Crippen LogP contribution is 2.23. The van der Waals surface area contributed by atoms with Crippen molar-refractivity contribution in [2.45, 2.75) is 20.0 Å². The van der Waals surface area contributed by atoms with Crippen molar-refractivity contribution in [3.8, 4) is 5.75 Å². The fourth-order valence-corrected chi connectivity index (χ4v) is 2.23. The largest absolute Gasteiger partial charge is 0.494 e. The van der Waals surface area contributed by atoms with E-state index in [0.29, 0.717) is 6.61 Å². The Morgan fingerprint density at radius 1 is 1.16 bits per heavy atom. The number of aromatic nitrogens is 1. The normalized spacial score (nSPS) is 10.4. The van der Waals surface area contributed by atoms with Gasteiger partial charge in [-0.25, -0.2) is 0 Å². The Labute approximate surface area is 122 Å². The molecule has 2 rings (SSSR count). The van der Waals surface area contributed by atoms with Crippen LogP contribution in [0.4, 0.5) is 0 Å². The quantitative estimate of drug-likeness (QED) is 0.884. The average Bonchev–Trinajstić information content (AvgIpc) is 2.43. The number of hydrogen-bond acceptors (Lipinski definition) is 3. The smallest absolute Gasteiger partial charge is 0.123 e. The van der Waals surface area contributed by atoms with E-state index >= 15 is 0 Å². The fraction of sp³-hybridized carbons (Fsp3) is 0.267. The van der Waals surface area contributed by atoms with E-state index in [0.717, 1.165) is 28.9 Å². The van der Waals surface area contributed by atoms with Gasteiger partial charge in [0.1, 0.15) is 5.75 Å². The minimum atomic E-state index is 0.680. The van der Waals surface area contributed by atoms with Crippen LogP contribution in [0.5, 0.6) is 5.75 Å². The van der Waals surface area contributed by atoms with Crippen molar-refractivity contribution in [1.29, 1.82) is 0 Å². The van der Waals surface area contributed by atoms with E-state index in [4.69, 9.17) is 4.74 Å². The molecular formula is C15H17BrN2O. The van der Waals surface area contributed by atoms with Gasteiger partial charge in [-0.1, -0.05) is 15.9 Å². The van der Waals surface area contributed by atoms with Gasteiger partial charge in [0.2, 0.25) is 0 Å². The van der Waals surface area contributed by atoms with Crippen LogP contribution in [-0.2, 0) is 13.1 Å². The second kappa shape index (κ2) is 7.26. The topological polar surface area (TPSA) is 34.1 Å². The summed E-state index contributed by atoms with van der Waals surface area (Å²) in [6, 6.07) is 10.1. The van der Waals surface area contributed by atoms with Crippen LogP contribution >= 0.6 is 15.9 Å². The summed E-state index contributed by atoms with van der Waals surface area (Å²) in [5, 5.41) is 3.42. The minimum Gasteiger partial charge on any atom is -0.494 e. The van der Waals surface area contributed by atoms with E-state index in [-0.39, 0.29) is 0 Å². The zero-order valence-corrected chi connectivity index (χ0v) is 12.5. The van der Waals surface area contributed by atoms with Gasteiger partial charge in [0.25, 0.3) is 0 Å². The summed E-state index contributed by atoms with van der Waals surface area (Å²) in [4.78, 5) is 4.01. The fourth-order valence-electron chi connectivity index (χ4n) is 1.82. The number of nitrogens with zero attached hydrogens (tertiary/aromatic N) is 1. The van der Waals surface area contributed by atoms with Gasteiger partial charge in [0, 0.05) is 35.5 Å². The van der Waals surface area contributed by atoms with Gasteiger partial charge in [-0.05, 0) is 42.8 Å². The number of ether oxygens (including phenoxy) is 1. The minimum absolute atomic E-state index is 0.680. The van der Waals surface area contributed by atoms with Crippen LogP contribution in [0.2, 0.25) is 0 Å². The van der Waals surface area contributed by atoms with Gasteiger partial charge in [-0.3, -0.25) is 4.98 Å². The highest BCUT2D eigenvalue weighted by molar-refractivity contribution is 9.10. The standard InChI is InChI=1S/C15H17BrN2O/c1-2-19-15-4-3-14(16)9-13(15)11-18-10-12-5-7-17-8-6-12/h3-9,18H,2,10-11H2,1H3.